The highest BCUT2D eigenvalue weighted by Crippen LogP contribution is 2.44. The fourth-order valence-corrected chi connectivity index (χ4v) is 4.37. The van der Waals surface area contributed by atoms with Gasteiger partial charge in [0.15, 0.2) is 0 Å². The highest BCUT2D eigenvalue weighted by Gasteiger charge is 2.38. The summed E-state index contributed by atoms with van der Waals surface area (Å²) >= 11 is 6.57. The van der Waals surface area contributed by atoms with E-state index in [4.69, 9.17) is 0 Å². The van der Waals surface area contributed by atoms with Crippen molar-refractivity contribution in [2.75, 3.05) is 6.54 Å². The maximum Gasteiger partial charge on any atom is 0.241 e. The summed E-state index contributed by atoms with van der Waals surface area (Å²) in [5.74, 6) is 0. The predicted octanol–water partition coefficient (Wildman–Crippen LogP) is 3.29. The van der Waals surface area contributed by atoms with Crippen LogP contribution in [0.5, 0.6) is 0 Å². The van der Waals surface area contributed by atoms with Crippen molar-refractivity contribution in [1.82, 2.24) is 4.72 Å². The number of halogens is 2. The summed E-state index contributed by atoms with van der Waals surface area (Å²) in [5.41, 5.74) is 0.162. The van der Waals surface area contributed by atoms with Crippen molar-refractivity contribution in [3.05, 3.63) is 27.1 Å². The molecule has 0 saturated heterocycles. The minimum absolute atomic E-state index is 0.162. The van der Waals surface area contributed by atoms with Crippen LogP contribution in [-0.2, 0) is 10.0 Å². The molecule has 3 nitrogen and oxygen atoms in total. The highest BCUT2D eigenvalue weighted by atomic mass is 79.9. The van der Waals surface area contributed by atoms with Gasteiger partial charge in [0.2, 0.25) is 10.0 Å². The molecule has 17 heavy (non-hydrogen) atoms. The second kappa shape index (κ2) is 4.64. The zero-order chi connectivity index (χ0) is 12.7. The molecule has 0 aliphatic heterocycles. The van der Waals surface area contributed by atoms with Crippen LogP contribution in [0.2, 0.25) is 0 Å². The van der Waals surface area contributed by atoms with Crippen LogP contribution in [0.1, 0.15) is 19.8 Å². The first-order valence-corrected chi connectivity index (χ1v) is 8.34. The van der Waals surface area contributed by atoms with Crippen LogP contribution < -0.4 is 4.72 Å². The Bertz CT molecular complexity index is 538. The van der Waals surface area contributed by atoms with Gasteiger partial charge in [-0.25, -0.2) is 13.1 Å². The van der Waals surface area contributed by atoms with Crippen molar-refractivity contribution in [1.29, 1.82) is 0 Å². The van der Waals surface area contributed by atoms with Gasteiger partial charge in [0, 0.05) is 15.5 Å². The second-order valence-corrected chi connectivity index (χ2v) is 8.22. The molecule has 0 unspecified atom stereocenters. The van der Waals surface area contributed by atoms with Gasteiger partial charge >= 0.3 is 0 Å². The summed E-state index contributed by atoms with van der Waals surface area (Å²) in [7, 11) is -3.42. The van der Waals surface area contributed by atoms with Crippen molar-refractivity contribution in [3.8, 4) is 0 Å². The molecule has 1 fully saturated rings. The number of sulfonamides is 1. The monoisotopic (exact) mass is 381 g/mol. The Morgan fingerprint density at radius 2 is 2.00 bits per heavy atom. The fraction of sp³-hybridized carbons (Fsp3) is 0.455. The zero-order valence-electron chi connectivity index (χ0n) is 9.33. The van der Waals surface area contributed by atoms with Gasteiger partial charge in [0.25, 0.3) is 0 Å². The normalized spacial score (nSPS) is 18.1. The first kappa shape index (κ1) is 13.5. The van der Waals surface area contributed by atoms with Crippen LogP contribution in [0.25, 0.3) is 0 Å². The molecule has 0 radical (unpaired) electrons. The Labute approximate surface area is 118 Å². The standard InChI is InChI=1S/C11H13Br2NO2S/c1-11(4-5-11)7-14-17(15,16)10-3-2-8(12)6-9(10)13/h2-3,6,14H,4-5,7H2,1H3. The van der Waals surface area contributed by atoms with Crippen LogP contribution in [0.4, 0.5) is 0 Å². The average molecular weight is 383 g/mol. The van der Waals surface area contributed by atoms with Gasteiger partial charge in [-0.15, -0.1) is 0 Å². The topological polar surface area (TPSA) is 46.2 Å². The molecule has 1 aliphatic carbocycles. The number of nitrogens with one attached hydrogen (secondary N) is 1. The lowest BCUT2D eigenvalue weighted by atomic mass is 10.2. The molecule has 1 aliphatic rings. The fourth-order valence-electron chi connectivity index (χ4n) is 1.43. The molecular weight excluding hydrogens is 370 g/mol. The van der Waals surface area contributed by atoms with Crippen LogP contribution >= 0.6 is 31.9 Å². The van der Waals surface area contributed by atoms with Crippen LogP contribution in [0.3, 0.4) is 0 Å². The smallest absolute Gasteiger partial charge is 0.211 e. The summed E-state index contributed by atoms with van der Waals surface area (Å²) in [6.45, 7) is 2.60. The third-order valence-electron chi connectivity index (χ3n) is 2.98. The average Bonchev–Trinajstić information content (AvgIpc) is 2.94. The van der Waals surface area contributed by atoms with Gasteiger partial charge in [0.05, 0.1) is 4.90 Å². The van der Waals surface area contributed by atoms with E-state index in [1.165, 1.54) is 0 Å². The minimum atomic E-state index is -3.42. The molecule has 0 spiro atoms. The van der Waals surface area contributed by atoms with Crippen molar-refractivity contribution >= 4 is 41.9 Å². The van der Waals surface area contributed by atoms with Crippen LogP contribution in [0.15, 0.2) is 32.0 Å². The van der Waals surface area contributed by atoms with Gasteiger partial charge in [-0.2, -0.15) is 0 Å². The van der Waals surface area contributed by atoms with E-state index in [-0.39, 0.29) is 10.3 Å². The molecule has 1 N–H and O–H groups in total. The molecule has 1 aromatic carbocycles. The third kappa shape index (κ3) is 3.30. The van der Waals surface area contributed by atoms with Gasteiger partial charge in [-0.3, -0.25) is 0 Å². The summed E-state index contributed by atoms with van der Waals surface area (Å²) in [6.07, 6.45) is 2.19. The van der Waals surface area contributed by atoms with E-state index in [0.717, 1.165) is 17.3 Å². The molecule has 0 atom stereocenters. The molecular formula is C11H13Br2NO2S. The Balaban J connectivity index is 2.19. The number of hydrogen-bond donors (Lipinski definition) is 1. The Morgan fingerprint density at radius 3 is 2.53 bits per heavy atom. The Morgan fingerprint density at radius 1 is 1.35 bits per heavy atom. The van der Waals surface area contributed by atoms with Crippen LogP contribution in [-0.4, -0.2) is 15.0 Å². The summed E-state index contributed by atoms with van der Waals surface area (Å²) in [5, 5.41) is 0. The first-order chi connectivity index (χ1) is 7.82. The van der Waals surface area contributed by atoms with Gasteiger partial charge in [0.1, 0.15) is 0 Å². The third-order valence-corrected chi connectivity index (χ3v) is 5.85. The van der Waals surface area contributed by atoms with E-state index in [1.54, 1.807) is 18.2 Å². The molecule has 0 amide bonds. The van der Waals surface area contributed by atoms with E-state index >= 15 is 0 Å². The van der Waals surface area contributed by atoms with E-state index < -0.39 is 10.0 Å². The number of benzene rings is 1. The maximum atomic E-state index is 12.1. The van der Waals surface area contributed by atoms with Gasteiger partial charge in [-0.05, 0) is 52.4 Å². The Hall–Kier alpha value is 0.0900. The predicted molar refractivity (Wildman–Crippen MR) is 74.4 cm³/mol. The maximum absolute atomic E-state index is 12.1. The molecule has 1 saturated carbocycles. The minimum Gasteiger partial charge on any atom is -0.211 e. The first-order valence-electron chi connectivity index (χ1n) is 5.27. The van der Waals surface area contributed by atoms with Crippen molar-refractivity contribution in [2.45, 2.75) is 24.7 Å². The lowest BCUT2D eigenvalue weighted by Gasteiger charge is -2.12. The van der Waals surface area contributed by atoms with Crippen molar-refractivity contribution in [2.24, 2.45) is 5.41 Å². The molecule has 6 heteroatoms. The van der Waals surface area contributed by atoms with E-state index in [9.17, 15) is 8.42 Å². The Kier molecular flexibility index (Phi) is 3.69. The molecule has 1 aromatic rings. The van der Waals surface area contributed by atoms with Crippen LogP contribution in [0, 0.1) is 5.41 Å². The largest absolute Gasteiger partial charge is 0.241 e. The quantitative estimate of drug-likeness (QED) is 0.868. The van der Waals surface area contributed by atoms with Crippen molar-refractivity contribution in [3.63, 3.8) is 0 Å². The van der Waals surface area contributed by atoms with E-state index in [2.05, 4.69) is 43.5 Å². The molecule has 94 valence electrons. The zero-order valence-corrected chi connectivity index (χ0v) is 13.3. The van der Waals surface area contributed by atoms with Crippen molar-refractivity contribution < 1.29 is 8.42 Å². The van der Waals surface area contributed by atoms with E-state index in [1.807, 2.05) is 0 Å². The van der Waals surface area contributed by atoms with Gasteiger partial charge in [-0.1, -0.05) is 22.9 Å². The second-order valence-electron chi connectivity index (χ2n) is 4.71. The van der Waals surface area contributed by atoms with E-state index in [0.29, 0.717) is 11.0 Å². The highest BCUT2D eigenvalue weighted by molar-refractivity contribution is 9.11. The molecule has 0 bridgehead atoms. The number of hydrogen-bond acceptors (Lipinski definition) is 2. The molecule has 2 rings (SSSR count). The number of rotatable bonds is 4. The SMILES string of the molecule is CC1(CNS(=O)(=O)c2ccc(Br)cc2Br)CC1. The lowest BCUT2D eigenvalue weighted by molar-refractivity contribution is 0.530. The molecule has 0 heterocycles. The molecule has 0 aromatic heterocycles. The summed E-state index contributed by atoms with van der Waals surface area (Å²) in [4.78, 5) is 0.282. The summed E-state index contributed by atoms with van der Waals surface area (Å²) in [6, 6.07) is 5.04. The van der Waals surface area contributed by atoms with Gasteiger partial charge < -0.3 is 0 Å². The lowest BCUT2D eigenvalue weighted by Crippen LogP contribution is -2.29. The summed E-state index contributed by atoms with van der Waals surface area (Å²) < 4.78 is 28.2.